The third-order valence-corrected chi connectivity index (χ3v) is 6.43. The Labute approximate surface area is 171 Å². The maximum atomic E-state index is 12.7. The first kappa shape index (κ1) is 19.2. The second-order valence-electron chi connectivity index (χ2n) is 7.88. The molecule has 1 aliphatic heterocycles. The number of anilines is 1. The van der Waals surface area contributed by atoms with Crippen molar-refractivity contribution in [3.05, 3.63) is 47.2 Å². The Bertz CT molecular complexity index is 829. The topological polar surface area (TPSA) is 49.3 Å². The molecule has 0 atom stereocenters. The zero-order valence-corrected chi connectivity index (χ0v) is 17.5. The summed E-state index contributed by atoms with van der Waals surface area (Å²) in [6.07, 6.45) is 3.84. The van der Waals surface area contributed by atoms with Gasteiger partial charge < -0.3 is 9.80 Å². The van der Waals surface area contributed by atoms with Gasteiger partial charge in [-0.2, -0.15) is 5.10 Å². The first-order valence-electron chi connectivity index (χ1n) is 10.2. The Kier molecular flexibility index (Phi) is 5.85. The molecule has 0 radical (unpaired) electrons. The van der Waals surface area contributed by atoms with Crippen LogP contribution in [0, 0.1) is 0 Å². The third kappa shape index (κ3) is 4.49. The monoisotopic (exact) mass is 396 g/mol. The molecule has 1 aromatic heterocycles. The number of aromatic nitrogens is 2. The van der Waals surface area contributed by atoms with E-state index >= 15 is 0 Å². The van der Waals surface area contributed by atoms with Crippen molar-refractivity contribution in [1.82, 2.24) is 15.1 Å². The van der Waals surface area contributed by atoms with Crippen molar-refractivity contribution < 1.29 is 4.79 Å². The van der Waals surface area contributed by atoms with Gasteiger partial charge >= 0.3 is 0 Å². The Morgan fingerprint density at radius 2 is 1.82 bits per heavy atom. The molecule has 1 aliphatic carbocycles. The minimum atomic E-state index is 0.212. The van der Waals surface area contributed by atoms with Gasteiger partial charge in [-0.25, -0.2) is 0 Å². The fourth-order valence-corrected chi connectivity index (χ4v) is 4.74. The Hall–Kier alpha value is -2.08. The van der Waals surface area contributed by atoms with Gasteiger partial charge in [-0.05, 0) is 48.6 Å². The highest BCUT2D eigenvalue weighted by molar-refractivity contribution is 7.99. The second-order valence-corrected chi connectivity index (χ2v) is 9.53. The van der Waals surface area contributed by atoms with E-state index < -0.39 is 0 Å². The van der Waals surface area contributed by atoms with Gasteiger partial charge in [-0.15, -0.1) is 16.9 Å². The highest BCUT2D eigenvalue weighted by atomic mass is 32.2. The van der Waals surface area contributed by atoms with E-state index in [2.05, 4.69) is 59.3 Å². The van der Waals surface area contributed by atoms with Gasteiger partial charge in [0.1, 0.15) is 0 Å². The molecule has 2 heterocycles. The lowest BCUT2D eigenvalue weighted by Crippen LogP contribution is -2.49. The van der Waals surface area contributed by atoms with Crippen molar-refractivity contribution in [2.24, 2.45) is 0 Å². The lowest BCUT2D eigenvalue weighted by Gasteiger charge is -2.35. The van der Waals surface area contributed by atoms with Gasteiger partial charge in [0.25, 0.3) is 0 Å². The number of piperazine rings is 1. The van der Waals surface area contributed by atoms with Crippen LogP contribution in [0.2, 0.25) is 0 Å². The molecule has 0 unspecified atom stereocenters. The van der Waals surface area contributed by atoms with Crippen molar-refractivity contribution in [2.75, 3.05) is 31.1 Å². The molecule has 0 bridgehead atoms. The first-order valence-corrected chi connectivity index (χ1v) is 11.1. The number of hydrogen-bond acceptors (Lipinski definition) is 5. The van der Waals surface area contributed by atoms with Gasteiger partial charge in [0.15, 0.2) is 5.82 Å². The molecule has 1 amide bonds. The SMILES string of the molecule is CC(C)Sc1ccc(CC(=O)N2CCN(c3cc4c(nn3)CCC4)CC2)cc1. The molecule has 2 aromatic rings. The molecule has 6 heteroatoms. The summed E-state index contributed by atoms with van der Waals surface area (Å²) in [7, 11) is 0. The molecule has 2 aliphatic rings. The van der Waals surface area contributed by atoms with E-state index in [4.69, 9.17) is 0 Å². The van der Waals surface area contributed by atoms with Crippen molar-refractivity contribution >= 4 is 23.5 Å². The molecule has 1 aromatic carbocycles. The van der Waals surface area contributed by atoms with Gasteiger partial charge in [-0.3, -0.25) is 4.79 Å². The van der Waals surface area contributed by atoms with Crippen LogP contribution in [0.3, 0.4) is 0 Å². The van der Waals surface area contributed by atoms with Crippen LogP contribution in [0.4, 0.5) is 5.82 Å². The number of benzene rings is 1. The third-order valence-electron chi connectivity index (χ3n) is 5.41. The van der Waals surface area contributed by atoms with Crippen LogP contribution < -0.4 is 4.90 Å². The fraction of sp³-hybridized carbons (Fsp3) is 0.500. The number of carbonyl (C=O) groups is 1. The average molecular weight is 397 g/mol. The second kappa shape index (κ2) is 8.52. The predicted octanol–water partition coefficient (Wildman–Crippen LogP) is 3.36. The molecular formula is C22H28N4OS. The zero-order chi connectivity index (χ0) is 19.5. The van der Waals surface area contributed by atoms with Crippen LogP contribution in [0.5, 0.6) is 0 Å². The number of amides is 1. The van der Waals surface area contributed by atoms with Crippen LogP contribution >= 0.6 is 11.8 Å². The van der Waals surface area contributed by atoms with Gasteiger partial charge in [0.2, 0.25) is 5.91 Å². The van der Waals surface area contributed by atoms with Gasteiger partial charge in [0, 0.05) is 36.3 Å². The summed E-state index contributed by atoms with van der Waals surface area (Å²) in [6, 6.07) is 10.6. The normalized spacial score (nSPS) is 16.5. The number of hydrogen-bond donors (Lipinski definition) is 0. The first-order chi connectivity index (χ1) is 13.6. The summed E-state index contributed by atoms with van der Waals surface area (Å²) in [5.41, 5.74) is 3.60. The van der Waals surface area contributed by atoms with Crippen molar-refractivity contribution in [2.45, 2.75) is 49.7 Å². The maximum absolute atomic E-state index is 12.7. The summed E-state index contributed by atoms with van der Waals surface area (Å²) in [5, 5.41) is 9.37. The van der Waals surface area contributed by atoms with Gasteiger partial charge in [-0.1, -0.05) is 26.0 Å². The van der Waals surface area contributed by atoms with Crippen molar-refractivity contribution in [3.63, 3.8) is 0 Å². The smallest absolute Gasteiger partial charge is 0.227 e. The van der Waals surface area contributed by atoms with E-state index in [0.717, 1.165) is 56.1 Å². The molecule has 0 N–H and O–H groups in total. The number of fused-ring (bicyclic) bond motifs is 1. The van der Waals surface area contributed by atoms with E-state index in [1.54, 1.807) is 0 Å². The Morgan fingerprint density at radius 3 is 2.54 bits per heavy atom. The molecule has 0 saturated carbocycles. The van der Waals surface area contributed by atoms with Crippen LogP contribution in [-0.4, -0.2) is 52.4 Å². The van der Waals surface area contributed by atoms with Crippen LogP contribution in [-0.2, 0) is 24.1 Å². The van der Waals surface area contributed by atoms with Gasteiger partial charge in [0.05, 0.1) is 12.1 Å². The lowest BCUT2D eigenvalue weighted by molar-refractivity contribution is -0.130. The van der Waals surface area contributed by atoms with E-state index in [1.165, 1.54) is 16.9 Å². The fourth-order valence-electron chi connectivity index (χ4n) is 3.90. The molecular weight excluding hydrogens is 368 g/mol. The van der Waals surface area contributed by atoms with Crippen LogP contribution in [0.15, 0.2) is 35.2 Å². The predicted molar refractivity (Wildman–Crippen MR) is 114 cm³/mol. The Balaban J connectivity index is 1.30. The lowest BCUT2D eigenvalue weighted by atomic mass is 10.1. The average Bonchev–Trinajstić information content (AvgIpc) is 3.17. The van der Waals surface area contributed by atoms with Crippen molar-refractivity contribution in [3.8, 4) is 0 Å². The zero-order valence-electron chi connectivity index (χ0n) is 16.7. The quantitative estimate of drug-likeness (QED) is 0.726. The summed E-state index contributed by atoms with van der Waals surface area (Å²) in [4.78, 5) is 18.2. The molecule has 5 nitrogen and oxygen atoms in total. The molecule has 4 rings (SSSR count). The van der Waals surface area contributed by atoms with E-state index in [9.17, 15) is 4.79 Å². The molecule has 1 saturated heterocycles. The minimum Gasteiger partial charge on any atom is -0.352 e. The van der Waals surface area contributed by atoms with Crippen molar-refractivity contribution in [1.29, 1.82) is 0 Å². The molecule has 148 valence electrons. The molecule has 0 spiro atoms. The highest BCUT2D eigenvalue weighted by Gasteiger charge is 2.23. The summed E-state index contributed by atoms with van der Waals surface area (Å²) >= 11 is 1.85. The molecule has 1 fully saturated rings. The van der Waals surface area contributed by atoms with Crippen LogP contribution in [0.1, 0.15) is 37.1 Å². The summed E-state index contributed by atoms with van der Waals surface area (Å²) in [5.74, 6) is 1.18. The standard InChI is InChI=1S/C22H28N4OS/c1-16(2)28-19-8-6-17(7-9-19)14-22(27)26-12-10-25(11-13-26)21-15-18-4-3-5-20(18)23-24-21/h6-9,15-16H,3-5,10-14H2,1-2H3. The summed E-state index contributed by atoms with van der Waals surface area (Å²) in [6.45, 7) is 7.52. The number of thioether (sulfide) groups is 1. The Morgan fingerprint density at radius 1 is 1.07 bits per heavy atom. The largest absolute Gasteiger partial charge is 0.352 e. The van der Waals surface area contributed by atoms with Crippen LogP contribution in [0.25, 0.3) is 0 Å². The van der Waals surface area contributed by atoms with E-state index in [-0.39, 0.29) is 5.91 Å². The number of carbonyl (C=O) groups excluding carboxylic acids is 1. The minimum absolute atomic E-state index is 0.212. The maximum Gasteiger partial charge on any atom is 0.227 e. The number of aryl methyl sites for hydroxylation is 2. The van der Waals surface area contributed by atoms with E-state index in [0.29, 0.717) is 11.7 Å². The molecule has 28 heavy (non-hydrogen) atoms. The van der Waals surface area contributed by atoms with E-state index in [1.807, 2.05) is 16.7 Å². The summed E-state index contributed by atoms with van der Waals surface area (Å²) < 4.78 is 0. The highest BCUT2D eigenvalue weighted by Crippen LogP contribution is 2.24. The number of nitrogens with zero attached hydrogens (tertiary/aromatic N) is 4. The number of rotatable bonds is 5.